The van der Waals surface area contributed by atoms with Gasteiger partial charge >= 0.3 is 0 Å². The summed E-state index contributed by atoms with van der Waals surface area (Å²) in [5.41, 5.74) is 0. The molecule has 14 heavy (non-hydrogen) atoms. The number of likely N-dealkylation sites (tertiary alicyclic amines) is 1. The number of carbonyl (C=O) groups excluding carboxylic acids is 1. The summed E-state index contributed by atoms with van der Waals surface area (Å²) in [6.45, 7) is 0.126. The molecule has 0 radical (unpaired) electrons. The van der Waals surface area contributed by atoms with Crippen LogP contribution in [0.5, 0.6) is 0 Å². The average molecular weight is 193 g/mol. The molecule has 0 aromatic carbocycles. The number of likely N-dealkylation sites (N-methyl/N-ethyl adjacent to an activating group) is 1. The van der Waals surface area contributed by atoms with Crippen molar-refractivity contribution in [1.29, 1.82) is 5.26 Å². The van der Waals surface area contributed by atoms with Gasteiger partial charge in [-0.15, -0.1) is 0 Å². The number of nitrogens with one attached hydrogen (secondary N) is 1. The summed E-state index contributed by atoms with van der Waals surface area (Å²) >= 11 is 0. The number of hydrogen-bond donors (Lipinski definition) is 1. The minimum atomic E-state index is 0.0158. The zero-order valence-corrected chi connectivity index (χ0v) is 8.36. The van der Waals surface area contributed by atoms with Crippen molar-refractivity contribution in [3.8, 4) is 6.07 Å². The lowest BCUT2D eigenvalue weighted by Gasteiger charge is -2.30. The van der Waals surface area contributed by atoms with Gasteiger partial charge in [0.25, 0.3) is 0 Å². The van der Waals surface area contributed by atoms with E-state index >= 15 is 0 Å². The lowest BCUT2D eigenvalue weighted by Crippen LogP contribution is -2.48. The van der Waals surface area contributed by atoms with Gasteiger partial charge in [0.15, 0.2) is 0 Å². The lowest BCUT2D eigenvalue weighted by molar-refractivity contribution is -0.127. The molecular weight excluding hydrogens is 178 g/mol. The van der Waals surface area contributed by atoms with Gasteiger partial charge in [-0.2, -0.15) is 5.26 Å². The predicted molar refractivity (Wildman–Crippen MR) is 51.3 cm³/mol. The van der Waals surface area contributed by atoms with Crippen LogP contribution in [-0.2, 0) is 4.79 Å². The number of amides is 1. The van der Waals surface area contributed by atoms with Crippen LogP contribution in [0.3, 0.4) is 0 Å². The first kappa shape index (κ1) is 9.47. The zero-order chi connectivity index (χ0) is 10.1. The predicted octanol–water partition coefficient (Wildman–Crippen LogP) is 0.109. The Hall–Kier alpha value is -1.08. The van der Waals surface area contributed by atoms with Gasteiger partial charge in [0.2, 0.25) is 5.91 Å². The number of carbonyl (C=O) groups is 1. The number of fused-ring (bicyclic) bond motifs is 2. The second-order valence-electron chi connectivity index (χ2n) is 4.21. The number of hydrogen-bond acceptors (Lipinski definition) is 3. The highest BCUT2D eigenvalue weighted by atomic mass is 16.2. The van der Waals surface area contributed by atoms with E-state index in [1.165, 1.54) is 12.8 Å². The summed E-state index contributed by atoms with van der Waals surface area (Å²) in [4.78, 5) is 13.9. The van der Waals surface area contributed by atoms with Crippen LogP contribution in [-0.4, -0.2) is 36.5 Å². The molecule has 76 valence electrons. The quantitative estimate of drug-likeness (QED) is 0.633. The highest BCUT2D eigenvalue weighted by Gasteiger charge is 2.46. The molecule has 1 amide bonds. The summed E-state index contributed by atoms with van der Waals surface area (Å²) < 4.78 is 0. The second-order valence-corrected chi connectivity index (χ2v) is 4.21. The zero-order valence-electron chi connectivity index (χ0n) is 8.36. The number of nitrogens with zero attached hydrogens (tertiary/aromatic N) is 2. The Morgan fingerprint density at radius 3 is 3.00 bits per heavy atom. The van der Waals surface area contributed by atoms with Crippen molar-refractivity contribution in [2.45, 2.75) is 31.3 Å². The molecular formula is C10H15N3O. The van der Waals surface area contributed by atoms with Crippen LogP contribution in [0.4, 0.5) is 0 Å². The van der Waals surface area contributed by atoms with Gasteiger partial charge in [-0.25, -0.2) is 0 Å². The fourth-order valence-electron chi connectivity index (χ4n) is 2.84. The molecule has 1 heterocycles. The molecule has 3 atom stereocenters. The molecule has 2 aliphatic rings. The first-order valence-electron chi connectivity index (χ1n) is 5.10. The average Bonchev–Trinajstić information content (AvgIpc) is 2.74. The molecule has 2 rings (SSSR count). The van der Waals surface area contributed by atoms with E-state index in [4.69, 9.17) is 5.26 Å². The monoisotopic (exact) mass is 193 g/mol. The summed E-state index contributed by atoms with van der Waals surface area (Å²) in [7, 11) is 2.01. The van der Waals surface area contributed by atoms with E-state index in [0.717, 1.165) is 6.42 Å². The highest BCUT2D eigenvalue weighted by molar-refractivity contribution is 5.82. The number of piperidine rings is 1. The third-order valence-electron chi connectivity index (χ3n) is 3.52. The maximum Gasteiger partial charge on any atom is 0.238 e. The Labute approximate surface area is 83.9 Å². The van der Waals surface area contributed by atoms with Gasteiger partial charge < -0.3 is 5.32 Å². The minimum absolute atomic E-state index is 0.0158. The van der Waals surface area contributed by atoms with E-state index in [1.807, 2.05) is 13.1 Å². The standard InChI is InChI=1S/C10H15N3O/c1-13-8-3-2-7(6-8)9(13)10(14)12-5-4-11/h7-9H,2-3,5-6H2,1H3,(H,12,14)/t7?,8-,9+/m1/s1. The number of nitriles is 1. The molecule has 2 fully saturated rings. The molecule has 0 aromatic heterocycles. The molecule has 1 N–H and O–H groups in total. The topological polar surface area (TPSA) is 56.1 Å². The van der Waals surface area contributed by atoms with Gasteiger partial charge in [-0.05, 0) is 32.2 Å². The van der Waals surface area contributed by atoms with Crippen LogP contribution in [0.25, 0.3) is 0 Å². The summed E-state index contributed by atoms with van der Waals surface area (Å²) in [5.74, 6) is 0.546. The first-order valence-corrected chi connectivity index (χ1v) is 5.10. The normalized spacial score (nSPS) is 35.6. The van der Waals surface area contributed by atoms with Crippen LogP contribution in [0, 0.1) is 17.2 Å². The Bertz CT molecular complexity index is 282. The van der Waals surface area contributed by atoms with Crippen LogP contribution < -0.4 is 5.32 Å². The summed E-state index contributed by atoms with van der Waals surface area (Å²) in [5, 5.41) is 11.0. The van der Waals surface area contributed by atoms with E-state index in [2.05, 4.69) is 10.2 Å². The molecule has 1 saturated carbocycles. The van der Waals surface area contributed by atoms with Crippen LogP contribution in [0.15, 0.2) is 0 Å². The summed E-state index contributed by atoms with van der Waals surface area (Å²) in [6, 6.07) is 2.54. The van der Waals surface area contributed by atoms with E-state index in [0.29, 0.717) is 12.0 Å². The molecule has 1 saturated heterocycles. The van der Waals surface area contributed by atoms with Crippen molar-refractivity contribution in [1.82, 2.24) is 10.2 Å². The SMILES string of the molecule is CN1[C@@H]2CCC(C2)[C@H]1C(=O)NCC#N. The van der Waals surface area contributed by atoms with E-state index in [1.54, 1.807) is 0 Å². The molecule has 0 aromatic rings. The first-order chi connectivity index (χ1) is 6.74. The van der Waals surface area contributed by atoms with E-state index in [-0.39, 0.29) is 18.5 Å². The molecule has 1 aliphatic heterocycles. The minimum Gasteiger partial charge on any atom is -0.342 e. The van der Waals surface area contributed by atoms with Gasteiger partial charge in [-0.1, -0.05) is 0 Å². The van der Waals surface area contributed by atoms with Gasteiger partial charge in [0.1, 0.15) is 6.54 Å². The van der Waals surface area contributed by atoms with Crippen molar-refractivity contribution in [3.63, 3.8) is 0 Å². The molecule has 1 unspecified atom stereocenters. The molecule has 1 aliphatic carbocycles. The maximum atomic E-state index is 11.7. The largest absolute Gasteiger partial charge is 0.342 e. The second kappa shape index (κ2) is 3.58. The van der Waals surface area contributed by atoms with Gasteiger partial charge in [0, 0.05) is 6.04 Å². The van der Waals surface area contributed by atoms with Gasteiger partial charge in [-0.3, -0.25) is 9.69 Å². The smallest absolute Gasteiger partial charge is 0.238 e. The van der Waals surface area contributed by atoms with Gasteiger partial charge in [0.05, 0.1) is 12.1 Å². The fourth-order valence-corrected chi connectivity index (χ4v) is 2.84. The number of rotatable bonds is 2. The fraction of sp³-hybridized carbons (Fsp3) is 0.800. The molecule has 4 nitrogen and oxygen atoms in total. The van der Waals surface area contributed by atoms with Crippen LogP contribution in [0.1, 0.15) is 19.3 Å². The Morgan fingerprint density at radius 2 is 2.43 bits per heavy atom. The van der Waals surface area contributed by atoms with Crippen molar-refractivity contribution >= 4 is 5.91 Å². The van der Waals surface area contributed by atoms with E-state index in [9.17, 15) is 4.79 Å². The van der Waals surface area contributed by atoms with Crippen molar-refractivity contribution in [2.24, 2.45) is 5.92 Å². The van der Waals surface area contributed by atoms with Crippen molar-refractivity contribution < 1.29 is 4.79 Å². The van der Waals surface area contributed by atoms with Crippen molar-refractivity contribution in [2.75, 3.05) is 13.6 Å². The van der Waals surface area contributed by atoms with Crippen LogP contribution in [0.2, 0.25) is 0 Å². The Morgan fingerprint density at radius 1 is 1.64 bits per heavy atom. The maximum absolute atomic E-state index is 11.7. The molecule has 4 heteroatoms. The summed E-state index contributed by atoms with van der Waals surface area (Å²) in [6.07, 6.45) is 3.55. The molecule has 0 spiro atoms. The molecule has 2 bridgehead atoms. The lowest BCUT2D eigenvalue weighted by atomic mass is 9.98. The van der Waals surface area contributed by atoms with E-state index < -0.39 is 0 Å². The highest BCUT2D eigenvalue weighted by Crippen LogP contribution is 2.41. The van der Waals surface area contributed by atoms with Crippen molar-refractivity contribution in [3.05, 3.63) is 0 Å². The third-order valence-corrected chi connectivity index (χ3v) is 3.52. The Kier molecular flexibility index (Phi) is 2.42. The van der Waals surface area contributed by atoms with Crippen LogP contribution >= 0.6 is 0 Å². The third kappa shape index (κ3) is 1.38. The Balaban J connectivity index is 1.98.